The van der Waals surface area contributed by atoms with E-state index in [0.717, 1.165) is 12.2 Å². The number of rotatable bonds is 3. The molecule has 114 valence electrons. The van der Waals surface area contributed by atoms with Crippen LogP contribution in [0, 0.1) is 5.41 Å². The molecular weight excluding hydrogens is 305 g/mol. The summed E-state index contributed by atoms with van der Waals surface area (Å²) in [6.45, 7) is 0. The van der Waals surface area contributed by atoms with Gasteiger partial charge in [0, 0.05) is 12.4 Å². The zero-order chi connectivity index (χ0) is 15.7. The Hall–Kier alpha value is -1.67. The van der Waals surface area contributed by atoms with Crippen LogP contribution in [0.4, 0.5) is 13.2 Å². The molecule has 21 heavy (non-hydrogen) atoms. The number of nitrogens with zero attached hydrogens (tertiary/aromatic N) is 1. The monoisotopic (exact) mass is 318 g/mol. The van der Waals surface area contributed by atoms with Crippen molar-refractivity contribution in [3.63, 3.8) is 0 Å². The number of alkyl halides is 3. The van der Waals surface area contributed by atoms with Gasteiger partial charge in [0.2, 0.25) is 10.0 Å². The summed E-state index contributed by atoms with van der Waals surface area (Å²) in [5.41, 5.74) is -2.26. The van der Waals surface area contributed by atoms with E-state index in [-0.39, 0.29) is 0 Å². The molecule has 0 spiro atoms. The number of sulfonamides is 1. The summed E-state index contributed by atoms with van der Waals surface area (Å²) in [4.78, 5) is 3.73. The summed E-state index contributed by atoms with van der Waals surface area (Å²) < 4.78 is 64.2. The second-order valence-corrected chi connectivity index (χ2v) is 6.51. The van der Waals surface area contributed by atoms with Crippen molar-refractivity contribution >= 4 is 10.0 Å². The second kappa shape index (κ2) is 5.27. The molecule has 2 unspecified atom stereocenters. The molecule has 0 fully saturated rings. The molecule has 2 N–H and O–H groups in total. The van der Waals surface area contributed by atoms with Gasteiger partial charge in [-0.1, -0.05) is 24.3 Å². The molecule has 1 aromatic rings. The smallest absolute Gasteiger partial charge is 0.265 e. The Kier molecular flexibility index (Phi) is 3.94. The summed E-state index contributed by atoms with van der Waals surface area (Å²) in [5.74, 6) is 0. The predicted octanol–water partition coefficient (Wildman–Crippen LogP) is 1.96. The fourth-order valence-corrected chi connectivity index (χ4v) is 3.61. The molecule has 1 aliphatic carbocycles. The maximum absolute atomic E-state index is 13.6. The molecule has 0 radical (unpaired) electrons. The van der Waals surface area contributed by atoms with Crippen LogP contribution in [0.15, 0.2) is 48.8 Å². The van der Waals surface area contributed by atoms with Crippen molar-refractivity contribution in [1.29, 1.82) is 0 Å². The van der Waals surface area contributed by atoms with Gasteiger partial charge < -0.3 is 0 Å². The van der Waals surface area contributed by atoms with Crippen LogP contribution in [-0.4, -0.2) is 24.8 Å². The normalized spacial score (nSPS) is 26.0. The minimum atomic E-state index is -4.77. The second-order valence-electron chi connectivity index (χ2n) is 4.82. The summed E-state index contributed by atoms with van der Waals surface area (Å²) in [7, 11) is -4.41. The van der Waals surface area contributed by atoms with Gasteiger partial charge in [-0.2, -0.15) is 13.2 Å². The fourth-order valence-electron chi connectivity index (χ4n) is 2.42. The van der Waals surface area contributed by atoms with Crippen molar-refractivity contribution in [2.24, 2.45) is 10.6 Å². The molecule has 0 bridgehead atoms. The van der Waals surface area contributed by atoms with Crippen molar-refractivity contribution in [2.75, 3.05) is 0 Å². The van der Waals surface area contributed by atoms with Crippen molar-refractivity contribution in [3.05, 3.63) is 54.4 Å². The Morgan fingerprint density at radius 1 is 1.24 bits per heavy atom. The van der Waals surface area contributed by atoms with Crippen LogP contribution in [0.2, 0.25) is 0 Å². The van der Waals surface area contributed by atoms with E-state index in [1.807, 2.05) is 0 Å². The number of hydrogen-bond acceptors (Lipinski definition) is 3. The highest BCUT2D eigenvalue weighted by Crippen LogP contribution is 2.48. The third kappa shape index (κ3) is 3.01. The zero-order valence-corrected chi connectivity index (χ0v) is 11.6. The zero-order valence-electron chi connectivity index (χ0n) is 10.8. The first kappa shape index (κ1) is 15.7. The lowest BCUT2D eigenvalue weighted by Gasteiger charge is -2.38. The topological polar surface area (TPSA) is 73.1 Å². The molecule has 0 aliphatic heterocycles. The number of aromatic nitrogens is 1. The average Bonchev–Trinajstić information content (AvgIpc) is 2.38. The molecule has 0 saturated heterocycles. The SMILES string of the molecule is NS(=O)(=O)C1C=CC=CC1(Cc1ccncc1)C(F)(F)F. The lowest BCUT2D eigenvalue weighted by atomic mass is 9.75. The van der Waals surface area contributed by atoms with Gasteiger partial charge in [-0.15, -0.1) is 0 Å². The van der Waals surface area contributed by atoms with Crippen molar-refractivity contribution in [3.8, 4) is 0 Å². The summed E-state index contributed by atoms with van der Waals surface area (Å²) in [6.07, 6.45) is 1.70. The molecule has 2 atom stereocenters. The predicted molar refractivity (Wildman–Crippen MR) is 71.6 cm³/mol. The van der Waals surface area contributed by atoms with E-state index in [1.165, 1.54) is 36.7 Å². The maximum Gasteiger partial charge on any atom is 0.399 e. The van der Waals surface area contributed by atoms with Gasteiger partial charge >= 0.3 is 6.18 Å². The third-order valence-electron chi connectivity index (χ3n) is 3.43. The van der Waals surface area contributed by atoms with Crippen LogP contribution in [0.5, 0.6) is 0 Å². The van der Waals surface area contributed by atoms with Crippen molar-refractivity contribution in [2.45, 2.75) is 17.8 Å². The van der Waals surface area contributed by atoms with Gasteiger partial charge in [0.1, 0.15) is 10.7 Å². The molecule has 2 rings (SSSR count). The molecule has 0 amide bonds. The maximum atomic E-state index is 13.6. The standard InChI is InChI=1S/C13H13F3N2O2S/c14-13(15,16)12(9-10-4-7-18-8-5-10)6-2-1-3-11(12)21(17,19)20/h1-8,11H,9H2,(H2,17,19,20). The van der Waals surface area contributed by atoms with Gasteiger partial charge in [0.25, 0.3) is 0 Å². The molecule has 8 heteroatoms. The lowest BCUT2D eigenvalue weighted by Crippen LogP contribution is -2.53. The average molecular weight is 318 g/mol. The van der Waals surface area contributed by atoms with E-state index in [0.29, 0.717) is 5.56 Å². The largest absolute Gasteiger partial charge is 0.399 e. The Morgan fingerprint density at radius 3 is 2.38 bits per heavy atom. The summed E-state index contributed by atoms with van der Waals surface area (Å²) >= 11 is 0. The van der Waals surface area contributed by atoms with Gasteiger partial charge in [0.15, 0.2) is 0 Å². The first-order chi connectivity index (χ1) is 9.67. The Morgan fingerprint density at radius 2 is 1.86 bits per heavy atom. The van der Waals surface area contributed by atoms with E-state index < -0.39 is 33.3 Å². The molecule has 0 aromatic carbocycles. The van der Waals surface area contributed by atoms with Crippen LogP contribution < -0.4 is 5.14 Å². The number of pyridine rings is 1. The Balaban J connectivity index is 2.57. The highest BCUT2D eigenvalue weighted by molar-refractivity contribution is 7.90. The number of halogens is 3. The van der Waals surface area contributed by atoms with Crippen molar-refractivity contribution in [1.82, 2.24) is 4.98 Å². The van der Waals surface area contributed by atoms with E-state index in [9.17, 15) is 21.6 Å². The lowest BCUT2D eigenvalue weighted by molar-refractivity contribution is -0.203. The van der Waals surface area contributed by atoms with Gasteiger partial charge in [-0.3, -0.25) is 4.98 Å². The highest BCUT2D eigenvalue weighted by Gasteiger charge is 2.60. The quantitative estimate of drug-likeness (QED) is 0.926. The molecule has 4 nitrogen and oxygen atoms in total. The van der Waals surface area contributed by atoms with Crippen LogP contribution >= 0.6 is 0 Å². The molecule has 1 aliphatic rings. The Bertz CT molecular complexity index is 668. The number of allylic oxidation sites excluding steroid dienone is 3. The van der Waals surface area contributed by atoms with E-state index in [4.69, 9.17) is 5.14 Å². The van der Waals surface area contributed by atoms with Crippen LogP contribution in [0.1, 0.15) is 5.56 Å². The van der Waals surface area contributed by atoms with Gasteiger partial charge in [0.05, 0.1) is 0 Å². The molecular formula is C13H13F3N2O2S. The molecule has 1 heterocycles. The molecule has 1 aromatic heterocycles. The van der Waals surface area contributed by atoms with Crippen LogP contribution in [0.3, 0.4) is 0 Å². The molecule has 0 saturated carbocycles. The first-order valence-corrected chi connectivity index (χ1v) is 7.61. The highest BCUT2D eigenvalue weighted by atomic mass is 32.2. The van der Waals surface area contributed by atoms with E-state index >= 15 is 0 Å². The number of primary sulfonamides is 1. The summed E-state index contributed by atoms with van der Waals surface area (Å²) in [5, 5.41) is 3.15. The van der Waals surface area contributed by atoms with Gasteiger partial charge in [-0.05, 0) is 24.1 Å². The summed E-state index contributed by atoms with van der Waals surface area (Å²) in [6, 6.07) is 2.83. The number of nitrogens with two attached hydrogens (primary N) is 1. The minimum Gasteiger partial charge on any atom is -0.265 e. The van der Waals surface area contributed by atoms with E-state index in [1.54, 1.807) is 0 Å². The minimum absolute atomic E-state index is 0.330. The third-order valence-corrected chi connectivity index (χ3v) is 4.71. The Labute approximate surface area is 120 Å². The fraction of sp³-hybridized carbons (Fsp3) is 0.308. The van der Waals surface area contributed by atoms with Crippen LogP contribution in [0.25, 0.3) is 0 Å². The van der Waals surface area contributed by atoms with Crippen molar-refractivity contribution < 1.29 is 21.6 Å². The van der Waals surface area contributed by atoms with Gasteiger partial charge in [-0.25, -0.2) is 13.6 Å². The number of hydrogen-bond donors (Lipinski definition) is 1. The van der Waals surface area contributed by atoms with Crippen LogP contribution in [-0.2, 0) is 16.4 Å². The first-order valence-electron chi connectivity index (χ1n) is 6.00. The van der Waals surface area contributed by atoms with E-state index in [2.05, 4.69) is 4.98 Å².